The van der Waals surface area contributed by atoms with Gasteiger partial charge in [0.15, 0.2) is 11.9 Å². The Morgan fingerprint density at radius 1 is 1.34 bits per heavy atom. The quantitative estimate of drug-likeness (QED) is 0.358. The maximum atomic E-state index is 15.4. The van der Waals surface area contributed by atoms with Gasteiger partial charge in [0.05, 0.1) is 17.8 Å². The van der Waals surface area contributed by atoms with E-state index in [-0.39, 0.29) is 12.3 Å². The first kappa shape index (κ1) is 25.4. The fraction of sp³-hybridized carbons (Fsp3) is 0.381. The van der Waals surface area contributed by atoms with Gasteiger partial charge < -0.3 is 14.4 Å². The lowest BCUT2D eigenvalue weighted by Crippen LogP contribution is -2.43. The monoisotopic (exact) mass is 526 g/mol. The number of nitrogens with one attached hydrogen (secondary N) is 2. The smallest absolute Gasteiger partial charge is 0.413 e. The molecule has 3 N–H and O–H groups in total. The van der Waals surface area contributed by atoms with Crippen molar-refractivity contribution in [2.24, 2.45) is 0 Å². The van der Waals surface area contributed by atoms with Crippen molar-refractivity contribution >= 4 is 19.1 Å². The highest BCUT2D eigenvalue weighted by Gasteiger charge is 2.55. The minimum absolute atomic E-state index is 0.235. The van der Waals surface area contributed by atoms with Crippen LogP contribution in [-0.4, -0.2) is 50.7 Å². The van der Waals surface area contributed by atoms with Gasteiger partial charge in [-0.2, -0.15) is 0 Å². The number of hydrogen-bond donors (Lipinski definition) is 3. The molecule has 0 amide bonds. The van der Waals surface area contributed by atoms with E-state index in [9.17, 15) is 19.3 Å². The number of aliphatic hydroxyl groups is 1. The van der Waals surface area contributed by atoms with Crippen LogP contribution in [0.15, 0.2) is 57.0 Å². The molecule has 4 rings (SSSR count). The zero-order valence-corrected chi connectivity index (χ0v) is 20.5. The van der Waals surface area contributed by atoms with Crippen LogP contribution < -0.4 is 20.9 Å². The molecule has 1 fully saturated rings. The highest BCUT2D eigenvalue weighted by Crippen LogP contribution is 2.47. The van der Waals surface area contributed by atoms with Gasteiger partial charge in [-0.3, -0.25) is 18.9 Å². The summed E-state index contributed by atoms with van der Waals surface area (Å²) in [5, 5.41) is 15.0. The van der Waals surface area contributed by atoms with Crippen LogP contribution in [0.1, 0.15) is 20.1 Å². The van der Waals surface area contributed by atoms with Crippen LogP contribution in [0.5, 0.6) is 5.75 Å². The zero-order valence-electron chi connectivity index (χ0n) is 18.8. The molecular weight excluding hydrogens is 502 g/mol. The number of aliphatic hydroxyl groups excluding tert-OH is 1. The first-order chi connectivity index (χ1) is 16.6. The van der Waals surface area contributed by atoms with Crippen LogP contribution >= 0.6 is 19.1 Å². The maximum absolute atomic E-state index is 15.4. The number of benzene rings is 1. The molecular formula is C21H24FN4O7PS. The lowest BCUT2D eigenvalue weighted by atomic mass is 9.98. The van der Waals surface area contributed by atoms with Crippen molar-refractivity contribution < 1.29 is 27.8 Å². The Bertz CT molecular complexity index is 1310. The average Bonchev–Trinajstić information content (AvgIpc) is 3.42. The molecule has 0 bridgehead atoms. The summed E-state index contributed by atoms with van der Waals surface area (Å²) in [6, 6.07) is 7.77. The molecule has 5 atom stereocenters. The van der Waals surface area contributed by atoms with Gasteiger partial charge in [0.2, 0.25) is 0 Å². The zero-order chi connectivity index (χ0) is 25.2. The predicted molar refractivity (Wildman–Crippen MR) is 126 cm³/mol. The summed E-state index contributed by atoms with van der Waals surface area (Å²) in [5.74, 6) is 0.258. The number of H-pyrrole nitrogens is 1. The molecule has 0 spiro atoms. The summed E-state index contributed by atoms with van der Waals surface area (Å²) in [6.45, 7) is 2.49. The van der Waals surface area contributed by atoms with Crippen molar-refractivity contribution in [1.82, 2.24) is 19.6 Å². The van der Waals surface area contributed by atoms with Crippen molar-refractivity contribution in [3.8, 4) is 17.0 Å². The summed E-state index contributed by atoms with van der Waals surface area (Å²) < 4.78 is 46.1. The lowest BCUT2D eigenvalue weighted by Gasteiger charge is -2.24. The topological polar surface area (TPSA) is 145 Å². The normalized spacial score (nSPS) is 25.9. The molecule has 2 aromatic heterocycles. The molecule has 1 saturated heterocycles. The molecule has 0 saturated carbocycles. The van der Waals surface area contributed by atoms with Gasteiger partial charge in [0.25, 0.3) is 5.56 Å². The molecule has 1 aliphatic rings. The number of halogens is 1. The van der Waals surface area contributed by atoms with E-state index in [0.717, 1.165) is 35.0 Å². The van der Waals surface area contributed by atoms with E-state index < -0.39 is 49.7 Å². The second-order valence-corrected chi connectivity index (χ2v) is 10.4. The van der Waals surface area contributed by atoms with Gasteiger partial charge in [-0.15, -0.1) is 11.3 Å². The van der Waals surface area contributed by atoms with Gasteiger partial charge in [-0.1, -0.05) is 6.92 Å². The van der Waals surface area contributed by atoms with E-state index >= 15 is 4.39 Å². The summed E-state index contributed by atoms with van der Waals surface area (Å²) in [5.41, 5.74) is -0.606. The van der Waals surface area contributed by atoms with E-state index in [0.29, 0.717) is 0 Å². The minimum atomic E-state index is -3.94. The molecule has 35 heavy (non-hydrogen) atoms. The average molecular weight is 526 g/mol. The number of thiazole rings is 1. The Morgan fingerprint density at radius 3 is 2.71 bits per heavy atom. The Kier molecular flexibility index (Phi) is 7.36. The third-order valence-corrected chi connectivity index (χ3v) is 7.62. The van der Waals surface area contributed by atoms with E-state index in [2.05, 4.69) is 10.1 Å². The number of aromatic nitrogens is 3. The molecule has 5 unspecified atom stereocenters. The molecule has 1 aliphatic heterocycles. The fourth-order valence-corrected chi connectivity index (χ4v) is 5.51. The van der Waals surface area contributed by atoms with Crippen LogP contribution in [0.3, 0.4) is 0 Å². The van der Waals surface area contributed by atoms with Gasteiger partial charge in [-0.05, 0) is 31.2 Å². The first-order valence-corrected chi connectivity index (χ1v) is 13.1. The Morgan fingerprint density at radius 2 is 2.09 bits per heavy atom. The van der Waals surface area contributed by atoms with E-state index in [1.54, 1.807) is 36.7 Å². The lowest BCUT2D eigenvalue weighted by molar-refractivity contribution is -0.0593. The van der Waals surface area contributed by atoms with E-state index in [1.807, 2.05) is 10.4 Å². The van der Waals surface area contributed by atoms with Crippen molar-refractivity contribution in [3.05, 3.63) is 68.3 Å². The SMILES string of the molecule is CCNP(=O)(OCC1OC(n2ccc(=O)[nH]c2=O)C(C)(F)C1O)Oc1ccc(-c2cscn2)cc1. The fourth-order valence-electron chi connectivity index (χ4n) is 3.61. The number of nitrogens with zero attached hydrogens (tertiary/aromatic N) is 2. The van der Waals surface area contributed by atoms with E-state index in [1.165, 1.54) is 11.3 Å². The summed E-state index contributed by atoms with van der Waals surface area (Å²) in [7, 11) is -3.94. The summed E-state index contributed by atoms with van der Waals surface area (Å²) in [4.78, 5) is 29.7. The van der Waals surface area contributed by atoms with Crippen LogP contribution in [0.2, 0.25) is 0 Å². The number of rotatable bonds is 9. The Labute approximate surface area is 203 Å². The Balaban J connectivity index is 1.47. The molecule has 3 aromatic rings. The van der Waals surface area contributed by atoms with Gasteiger partial charge in [-0.25, -0.2) is 23.8 Å². The molecule has 14 heteroatoms. The van der Waals surface area contributed by atoms with Crippen LogP contribution in [0.25, 0.3) is 11.3 Å². The highest BCUT2D eigenvalue weighted by molar-refractivity contribution is 7.52. The number of aromatic amines is 1. The third-order valence-electron chi connectivity index (χ3n) is 5.39. The predicted octanol–water partition coefficient (Wildman–Crippen LogP) is 2.46. The standard InChI is InChI=1S/C21H24FN4O7PS/c1-3-24-34(30,33-14-6-4-13(5-7-14)15-11-35-12-23-15)31-10-16-18(28)21(2,22)19(32-16)26-9-8-17(27)25-20(26)29/h4-9,11-12,16,18-19,28H,3,10H2,1-2H3,(H,24,30)(H,25,27,29). The third kappa shape index (κ3) is 5.45. The number of hydrogen-bond acceptors (Lipinski definition) is 9. The second-order valence-electron chi connectivity index (χ2n) is 7.93. The maximum Gasteiger partial charge on any atom is 0.458 e. The minimum Gasteiger partial charge on any atom is -0.413 e. The molecule has 1 aromatic carbocycles. The van der Waals surface area contributed by atoms with Crippen molar-refractivity contribution in [2.45, 2.75) is 38.0 Å². The Hall–Kier alpha value is -2.67. The van der Waals surface area contributed by atoms with Crippen molar-refractivity contribution in [3.63, 3.8) is 0 Å². The number of alkyl halides is 1. The van der Waals surface area contributed by atoms with Gasteiger partial charge in [0, 0.05) is 29.8 Å². The van der Waals surface area contributed by atoms with E-state index in [4.69, 9.17) is 13.8 Å². The molecule has 3 heterocycles. The second kappa shape index (κ2) is 10.1. The largest absolute Gasteiger partial charge is 0.458 e. The summed E-state index contributed by atoms with van der Waals surface area (Å²) >= 11 is 1.46. The molecule has 0 radical (unpaired) electrons. The van der Waals surface area contributed by atoms with Crippen LogP contribution in [0.4, 0.5) is 4.39 Å². The molecule has 0 aliphatic carbocycles. The van der Waals surface area contributed by atoms with Crippen molar-refractivity contribution in [1.29, 1.82) is 0 Å². The highest BCUT2D eigenvalue weighted by atomic mass is 32.1. The van der Waals surface area contributed by atoms with Crippen LogP contribution in [0, 0.1) is 0 Å². The molecule has 11 nitrogen and oxygen atoms in total. The van der Waals surface area contributed by atoms with Gasteiger partial charge >= 0.3 is 13.4 Å². The van der Waals surface area contributed by atoms with Gasteiger partial charge in [0.1, 0.15) is 18.0 Å². The summed E-state index contributed by atoms with van der Waals surface area (Å²) in [6.07, 6.45) is -3.48. The molecule has 188 valence electrons. The van der Waals surface area contributed by atoms with Crippen LogP contribution in [-0.2, 0) is 13.8 Å². The van der Waals surface area contributed by atoms with Crippen molar-refractivity contribution in [2.75, 3.05) is 13.2 Å². The number of ether oxygens (including phenoxy) is 1. The first-order valence-electron chi connectivity index (χ1n) is 10.6.